The van der Waals surface area contributed by atoms with Crippen molar-refractivity contribution in [2.45, 2.75) is 0 Å². The number of carbonyl (C=O) groups excluding carboxylic acids is 1. The molecule has 0 atom stereocenters. The third-order valence-corrected chi connectivity index (χ3v) is 4.59. The fraction of sp³-hybridized carbons (Fsp3) is 0. The van der Waals surface area contributed by atoms with Gasteiger partial charge in [-0.15, -0.1) is 0 Å². The molecule has 0 N–H and O–H groups in total. The molecule has 1 aliphatic rings. The molecule has 1 aliphatic heterocycles. The number of rotatable bonds is 3. The average Bonchev–Trinajstić information content (AvgIpc) is 3.26. The Balaban J connectivity index is 1.77. The molecule has 4 nitrogen and oxygen atoms in total. The van der Waals surface area contributed by atoms with Gasteiger partial charge in [-0.05, 0) is 48.2 Å². The van der Waals surface area contributed by atoms with Crippen molar-refractivity contribution in [2.75, 3.05) is 4.90 Å². The maximum absolute atomic E-state index is 12.9. The summed E-state index contributed by atoms with van der Waals surface area (Å²) in [6, 6.07) is 22.8. The molecule has 1 saturated heterocycles. The van der Waals surface area contributed by atoms with E-state index in [0.717, 1.165) is 11.4 Å². The summed E-state index contributed by atoms with van der Waals surface area (Å²) in [5, 5.41) is 0.625. The average molecular weight is 346 g/mol. The lowest BCUT2D eigenvalue weighted by molar-refractivity contribution is -0.113. The van der Waals surface area contributed by atoms with Gasteiger partial charge in [-0.25, -0.2) is 4.99 Å². The zero-order valence-electron chi connectivity index (χ0n) is 13.2. The van der Waals surface area contributed by atoms with Crippen LogP contribution in [0.1, 0.15) is 5.76 Å². The van der Waals surface area contributed by atoms with Crippen LogP contribution in [-0.4, -0.2) is 11.1 Å². The molecule has 4 rings (SSSR count). The van der Waals surface area contributed by atoms with E-state index >= 15 is 0 Å². The first-order chi connectivity index (χ1) is 12.3. The number of carbonyl (C=O) groups is 1. The molecule has 0 bridgehead atoms. The maximum Gasteiger partial charge on any atom is 0.271 e. The van der Waals surface area contributed by atoms with Gasteiger partial charge in [-0.2, -0.15) is 0 Å². The summed E-state index contributed by atoms with van der Waals surface area (Å²) in [6.07, 6.45) is 3.33. The summed E-state index contributed by atoms with van der Waals surface area (Å²) in [4.78, 5) is 19.8. The van der Waals surface area contributed by atoms with E-state index in [1.165, 1.54) is 11.8 Å². The topological polar surface area (TPSA) is 45.8 Å². The van der Waals surface area contributed by atoms with E-state index in [9.17, 15) is 4.79 Å². The van der Waals surface area contributed by atoms with Gasteiger partial charge in [0.25, 0.3) is 5.91 Å². The largest absolute Gasteiger partial charge is 0.465 e. The van der Waals surface area contributed by atoms with Gasteiger partial charge in [0.1, 0.15) is 5.76 Å². The van der Waals surface area contributed by atoms with Crippen LogP contribution in [0.2, 0.25) is 0 Å². The number of benzene rings is 2. The molecule has 5 heteroatoms. The zero-order valence-corrected chi connectivity index (χ0v) is 14.0. The molecular formula is C20H14N2O2S. The fourth-order valence-electron chi connectivity index (χ4n) is 2.47. The minimum Gasteiger partial charge on any atom is -0.465 e. The van der Waals surface area contributed by atoms with Crippen molar-refractivity contribution in [2.24, 2.45) is 4.99 Å². The Morgan fingerprint density at radius 1 is 0.920 bits per heavy atom. The molecule has 2 heterocycles. The van der Waals surface area contributed by atoms with Crippen LogP contribution in [0, 0.1) is 0 Å². The van der Waals surface area contributed by atoms with Crippen molar-refractivity contribution in [3.05, 3.63) is 89.7 Å². The van der Waals surface area contributed by atoms with Crippen LogP contribution in [0.25, 0.3) is 6.08 Å². The van der Waals surface area contributed by atoms with Crippen molar-refractivity contribution in [1.82, 2.24) is 0 Å². The number of para-hydroxylation sites is 2. The predicted octanol–water partition coefficient (Wildman–Crippen LogP) is 5.09. The highest BCUT2D eigenvalue weighted by Gasteiger charge is 2.34. The first kappa shape index (κ1) is 15.5. The monoisotopic (exact) mass is 346 g/mol. The summed E-state index contributed by atoms with van der Waals surface area (Å²) < 4.78 is 5.34. The van der Waals surface area contributed by atoms with Crippen molar-refractivity contribution in [3.63, 3.8) is 0 Å². The van der Waals surface area contributed by atoms with E-state index in [1.54, 1.807) is 23.3 Å². The lowest BCUT2D eigenvalue weighted by Gasteiger charge is -2.15. The summed E-state index contributed by atoms with van der Waals surface area (Å²) >= 11 is 1.34. The summed E-state index contributed by atoms with van der Waals surface area (Å²) in [7, 11) is 0. The number of anilines is 1. The molecule has 0 radical (unpaired) electrons. The van der Waals surface area contributed by atoms with Crippen molar-refractivity contribution < 1.29 is 9.21 Å². The smallest absolute Gasteiger partial charge is 0.271 e. The maximum atomic E-state index is 12.9. The molecule has 2 aromatic carbocycles. The Labute approximate surface area is 149 Å². The van der Waals surface area contributed by atoms with Crippen LogP contribution in [0.4, 0.5) is 11.4 Å². The highest BCUT2D eigenvalue weighted by molar-refractivity contribution is 8.19. The van der Waals surface area contributed by atoms with Gasteiger partial charge >= 0.3 is 0 Å². The first-order valence-corrected chi connectivity index (χ1v) is 8.59. The standard InChI is InChI=1S/C20H14N2O2S/c23-19-18(14-17-12-7-13-24-17)25-20(21-15-8-3-1-4-9-15)22(19)16-10-5-2-6-11-16/h1-14H. The van der Waals surface area contributed by atoms with E-state index in [0.29, 0.717) is 15.8 Å². The Bertz CT molecular complexity index is 932. The van der Waals surface area contributed by atoms with Crippen LogP contribution < -0.4 is 4.90 Å². The Morgan fingerprint density at radius 3 is 2.32 bits per heavy atom. The van der Waals surface area contributed by atoms with Crippen LogP contribution in [-0.2, 0) is 4.79 Å². The Morgan fingerprint density at radius 2 is 1.64 bits per heavy atom. The van der Waals surface area contributed by atoms with Crippen molar-refractivity contribution >= 4 is 40.3 Å². The quantitative estimate of drug-likeness (QED) is 0.621. The van der Waals surface area contributed by atoms with E-state index in [2.05, 4.69) is 4.99 Å². The predicted molar refractivity (Wildman–Crippen MR) is 102 cm³/mol. The molecule has 3 aromatic rings. The summed E-state index contributed by atoms with van der Waals surface area (Å²) in [5.74, 6) is 0.534. The van der Waals surface area contributed by atoms with E-state index in [-0.39, 0.29) is 5.91 Å². The van der Waals surface area contributed by atoms with Crippen molar-refractivity contribution in [3.8, 4) is 0 Å². The summed E-state index contributed by atoms with van der Waals surface area (Å²) in [6.45, 7) is 0. The number of amidine groups is 1. The van der Waals surface area contributed by atoms with Gasteiger partial charge in [0.15, 0.2) is 5.17 Å². The van der Waals surface area contributed by atoms with Gasteiger partial charge in [0.05, 0.1) is 22.5 Å². The molecule has 0 aliphatic carbocycles. The zero-order chi connectivity index (χ0) is 17.1. The molecule has 25 heavy (non-hydrogen) atoms. The highest BCUT2D eigenvalue weighted by Crippen LogP contribution is 2.37. The second-order valence-corrected chi connectivity index (χ2v) is 6.34. The lowest BCUT2D eigenvalue weighted by Crippen LogP contribution is -2.28. The molecule has 0 saturated carbocycles. The number of amides is 1. The van der Waals surface area contributed by atoms with Gasteiger partial charge in [0.2, 0.25) is 0 Å². The molecule has 0 unspecified atom stereocenters. The number of hydrogen-bond donors (Lipinski definition) is 0. The third kappa shape index (κ3) is 3.27. The van der Waals surface area contributed by atoms with Gasteiger partial charge < -0.3 is 4.42 Å². The van der Waals surface area contributed by atoms with Crippen molar-refractivity contribution in [1.29, 1.82) is 0 Å². The fourth-order valence-corrected chi connectivity index (χ4v) is 3.45. The minimum absolute atomic E-state index is 0.109. The van der Waals surface area contributed by atoms with Crippen LogP contribution >= 0.6 is 11.8 Å². The van der Waals surface area contributed by atoms with E-state index in [4.69, 9.17) is 4.42 Å². The highest BCUT2D eigenvalue weighted by atomic mass is 32.2. The number of thioether (sulfide) groups is 1. The van der Waals surface area contributed by atoms with Gasteiger partial charge in [0, 0.05) is 6.08 Å². The number of aliphatic imine (C=N–C) groups is 1. The minimum atomic E-state index is -0.109. The second-order valence-electron chi connectivity index (χ2n) is 5.33. The lowest BCUT2D eigenvalue weighted by atomic mass is 10.3. The molecule has 1 fully saturated rings. The van der Waals surface area contributed by atoms with Crippen LogP contribution in [0.15, 0.2) is 93.4 Å². The molecule has 0 spiro atoms. The third-order valence-electron chi connectivity index (χ3n) is 3.62. The van der Waals surface area contributed by atoms with Gasteiger partial charge in [-0.1, -0.05) is 36.4 Å². The first-order valence-electron chi connectivity index (χ1n) is 7.77. The van der Waals surface area contributed by atoms with E-state index in [1.807, 2.05) is 66.7 Å². The normalized spacial score (nSPS) is 17.6. The number of nitrogens with zero attached hydrogens (tertiary/aromatic N) is 2. The Hall–Kier alpha value is -3.05. The van der Waals surface area contributed by atoms with Gasteiger partial charge in [-0.3, -0.25) is 9.69 Å². The number of furan rings is 1. The second kappa shape index (κ2) is 6.83. The summed E-state index contributed by atoms with van der Waals surface area (Å²) in [5.41, 5.74) is 1.59. The number of hydrogen-bond acceptors (Lipinski definition) is 4. The molecule has 122 valence electrons. The molecular weight excluding hydrogens is 332 g/mol. The Kier molecular flexibility index (Phi) is 4.23. The molecule has 1 aromatic heterocycles. The van der Waals surface area contributed by atoms with E-state index < -0.39 is 0 Å². The SMILES string of the molecule is O=C1C(=Cc2ccco2)SC(=Nc2ccccc2)N1c1ccccc1. The van der Waals surface area contributed by atoms with Crippen LogP contribution in [0.5, 0.6) is 0 Å². The van der Waals surface area contributed by atoms with Crippen LogP contribution in [0.3, 0.4) is 0 Å². The molecule has 1 amide bonds.